The second-order valence-corrected chi connectivity index (χ2v) is 5.20. The molecule has 0 fully saturated rings. The predicted octanol–water partition coefficient (Wildman–Crippen LogP) is 3.39. The van der Waals surface area contributed by atoms with E-state index >= 15 is 0 Å². The van der Waals surface area contributed by atoms with E-state index in [1.54, 1.807) is 0 Å². The van der Waals surface area contributed by atoms with E-state index in [2.05, 4.69) is 4.98 Å². The maximum atomic E-state index is 14.1. The number of alkyl halides is 1. The van der Waals surface area contributed by atoms with Crippen molar-refractivity contribution in [1.82, 2.24) is 4.98 Å². The molecule has 4 nitrogen and oxygen atoms in total. The number of pyridine rings is 1. The average molecular weight is 323 g/mol. The van der Waals surface area contributed by atoms with Crippen molar-refractivity contribution >= 4 is 5.97 Å². The number of carbonyl (C=O) groups is 1. The smallest absolute Gasteiger partial charge is 0.354 e. The number of rotatable bonds is 3. The summed E-state index contributed by atoms with van der Waals surface area (Å²) in [6.07, 6.45) is 0.0288. The van der Waals surface area contributed by atoms with Gasteiger partial charge in [-0.05, 0) is 36.6 Å². The molecule has 0 bridgehead atoms. The highest BCUT2D eigenvalue weighted by Gasteiger charge is 2.27. The first-order valence-corrected chi connectivity index (χ1v) is 6.95. The highest BCUT2D eigenvalue weighted by Crippen LogP contribution is 2.36. The van der Waals surface area contributed by atoms with Gasteiger partial charge in [-0.15, -0.1) is 0 Å². The van der Waals surface area contributed by atoms with Crippen LogP contribution in [-0.4, -0.2) is 28.8 Å². The summed E-state index contributed by atoms with van der Waals surface area (Å²) < 4.78 is 45.3. The van der Waals surface area contributed by atoms with Gasteiger partial charge in [0.25, 0.3) is 0 Å². The zero-order chi connectivity index (χ0) is 16.6. The van der Waals surface area contributed by atoms with Crippen molar-refractivity contribution in [2.45, 2.75) is 18.9 Å². The SMILES string of the molecule is O=C(O)c1cc(-c2ccc(F)cc2F)c2c(n1)O[C@H](CF)CC2. The molecule has 120 valence electrons. The van der Waals surface area contributed by atoms with Gasteiger partial charge in [-0.1, -0.05) is 0 Å². The monoisotopic (exact) mass is 323 g/mol. The van der Waals surface area contributed by atoms with E-state index in [0.717, 1.165) is 12.1 Å². The second kappa shape index (κ2) is 5.91. The summed E-state index contributed by atoms with van der Waals surface area (Å²) in [6.45, 7) is -0.724. The summed E-state index contributed by atoms with van der Waals surface area (Å²) in [6, 6.07) is 4.25. The Morgan fingerprint density at radius 2 is 2.09 bits per heavy atom. The zero-order valence-electron chi connectivity index (χ0n) is 11.9. The minimum atomic E-state index is -1.32. The summed E-state index contributed by atoms with van der Waals surface area (Å²) in [4.78, 5) is 15.1. The van der Waals surface area contributed by atoms with Gasteiger partial charge in [0.2, 0.25) is 5.88 Å². The molecule has 1 aromatic carbocycles. The fraction of sp³-hybridized carbons (Fsp3) is 0.250. The van der Waals surface area contributed by atoms with Crippen molar-refractivity contribution in [2.24, 2.45) is 0 Å². The standard InChI is InChI=1S/C16H12F3NO3/c17-7-9-2-4-11-12(10-3-1-8(18)5-13(10)19)6-14(16(21)22)20-15(11)23-9/h1,3,5-6,9H,2,4,7H2,(H,21,22)/t9-/m0/s1. The molecule has 0 radical (unpaired) electrons. The van der Waals surface area contributed by atoms with Crippen LogP contribution in [0.5, 0.6) is 5.88 Å². The lowest BCUT2D eigenvalue weighted by Gasteiger charge is -2.25. The van der Waals surface area contributed by atoms with Crippen LogP contribution in [-0.2, 0) is 6.42 Å². The summed E-state index contributed by atoms with van der Waals surface area (Å²) in [5.41, 5.74) is 0.462. The number of halogens is 3. The number of aromatic nitrogens is 1. The Morgan fingerprint density at radius 1 is 1.30 bits per heavy atom. The number of ether oxygens (including phenoxy) is 1. The number of carboxylic acids is 1. The molecule has 0 aliphatic carbocycles. The van der Waals surface area contributed by atoms with Gasteiger partial charge in [-0.25, -0.2) is 22.9 Å². The van der Waals surface area contributed by atoms with E-state index < -0.39 is 30.4 Å². The number of carboxylic acid groups (broad SMARTS) is 1. The summed E-state index contributed by atoms with van der Waals surface area (Å²) in [5.74, 6) is -2.89. The normalized spacial score (nSPS) is 16.6. The molecule has 7 heteroatoms. The van der Waals surface area contributed by atoms with Gasteiger partial charge in [-0.2, -0.15) is 0 Å². The number of hydrogen-bond donors (Lipinski definition) is 1. The molecule has 0 saturated carbocycles. The van der Waals surface area contributed by atoms with Crippen LogP contribution >= 0.6 is 0 Å². The lowest BCUT2D eigenvalue weighted by atomic mass is 9.94. The minimum absolute atomic E-state index is 0.0162. The maximum absolute atomic E-state index is 14.1. The molecule has 3 rings (SSSR count). The number of aromatic carboxylic acids is 1. The van der Waals surface area contributed by atoms with Gasteiger partial charge in [0.05, 0.1) is 0 Å². The molecule has 2 aromatic rings. The van der Waals surface area contributed by atoms with E-state index in [0.29, 0.717) is 18.4 Å². The van der Waals surface area contributed by atoms with Gasteiger partial charge in [0.15, 0.2) is 5.69 Å². The number of hydrogen-bond acceptors (Lipinski definition) is 3. The van der Waals surface area contributed by atoms with Gasteiger partial charge >= 0.3 is 5.97 Å². The minimum Gasteiger partial charge on any atom is -0.477 e. The molecule has 1 aromatic heterocycles. The number of nitrogens with zero attached hydrogens (tertiary/aromatic N) is 1. The summed E-state index contributed by atoms with van der Waals surface area (Å²) in [5, 5.41) is 9.15. The first-order valence-electron chi connectivity index (χ1n) is 6.95. The Labute approximate surface area is 129 Å². The van der Waals surface area contributed by atoms with Crippen molar-refractivity contribution in [3.05, 3.63) is 47.2 Å². The third kappa shape index (κ3) is 2.86. The third-order valence-electron chi connectivity index (χ3n) is 3.69. The Balaban J connectivity index is 2.19. The molecule has 0 amide bonds. The van der Waals surface area contributed by atoms with Crippen LogP contribution in [0.1, 0.15) is 22.5 Å². The fourth-order valence-electron chi connectivity index (χ4n) is 2.58. The lowest BCUT2D eigenvalue weighted by molar-refractivity contribution is 0.0686. The number of fused-ring (bicyclic) bond motifs is 1. The maximum Gasteiger partial charge on any atom is 0.354 e. The van der Waals surface area contributed by atoms with Crippen LogP contribution in [0.25, 0.3) is 11.1 Å². The quantitative estimate of drug-likeness (QED) is 0.940. The molecular weight excluding hydrogens is 311 g/mol. The zero-order valence-corrected chi connectivity index (χ0v) is 11.9. The molecule has 0 saturated heterocycles. The molecule has 1 aliphatic heterocycles. The van der Waals surface area contributed by atoms with E-state index in [1.807, 2.05) is 0 Å². The van der Waals surface area contributed by atoms with Crippen LogP contribution in [0.3, 0.4) is 0 Å². The van der Waals surface area contributed by atoms with E-state index in [1.165, 1.54) is 12.1 Å². The van der Waals surface area contributed by atoms with Crippen LogP contribution in [0.4, 0.5) is 13.2 Å². The fourth-order valence-corrected chi connectivity index (χ4v) is 2.58. The molecule has 0 spiro atoms. The Kier molecular flexibility index (Phi) is 3.94. The molecule has 1 aliphatic rings. The third-order valence-corrected chi connectivity index (χ3v) is 3.69. The van der Waals surface area contributed by atoms with Crippen LogP contribution in [0.2, 0.25) is 0 Å². The molecule has 23 heavy (non-hydrogen) atoms. The molecule has 2 heterocycles. The second-order valence-electron chi connectivity index (χ2n) is 5.20. The lowest BCUT2D eigenvalue weighted by Crippen LogP contribution is -2.26. The largest absolute Gasteiger partial charge is 0.477 e. The molecule has 1 atom stereocenters. The first-order chi connectivity index (χ1) is 11.0. The molecule has 1 N–H and O–H groups in total. The Bertz CT molecular complexity index is 779. The van der Waals surface area contributed by atoms with Gasteiger partial charge in [-0.3, -0.25) is 0 Å². The van der Waals surface area contributed by atoms with Gasteiger partial charge < -0.3 is 9.84 Å². The van der Waals surface area contributed by atoms with Crippen molar-refractivity contribution in [3.63, 3.8) is 0 Å². The van der Waals surface area contributed by atoms with Crippen molar-refractivity contribution in [2.75, 3.05) is 6.67 Å². The van der Waals surface area contributed by atoms with Gasteiger partial charge in [0.1, 0.15) is 24.4 Å². The predicted molar refractivity (Wildman–Crippen MR) is 75.3 cm³/mol. The average Bonchev–Trinajstić information content (AvgIpc) is 2.53. The van der Waals surface area contributed by atoms with E-state index in [4.69, 9.17) is 9.84 Å². The van der Waals surface area contributed by atoms with Crippen molar-refractivity contribution in [1.29, 1.82) is 0 Å². The van der Waals surface area contributed by atoms with Crippen LogP contribution in [0.15, 0.2) is 24.3 Å². The van der Waals surface area contributed by atoms with Crippen molar-refractivity contribution in [3.8, 4) is 17.0 Å². The number of benzene rings is 1. The Morgan fingerprint density at radius 3 is 2.74 bits per heavy atom. The summed E-state index contributed by atoms with van der Waals surface area (Å²) in [7, 11) is 0. The van der Waals surface area contributed by atoms with E-state index in [-0.39, 0.29) is 22.7 Å². The van der Waals surface area contributed by atoms with Gasteiger partial charge in [0, 0.05) is 17.2 Å². The van der Waals surface area contributed by atoms with Crippen molar-refractivity contribution < 1.29 is 27.8 Å². The molecular formula is C16H12F3NO3. The van der Waals surface area contributed by atoms with Crippen LogP contribution < -0.4 is 4.74 Å². The van der Waals surface area contributed by atoms with E-state index in [9.17, 15) is 18.0 Å². The summed E-state index contributed by atoms with van der Waals surface area (Å²) >= 11 is 0. The molecule has 0 unspecified atom stereocenters. The Hall–Kier alpha value is -2.57. The highest BCUT2D eigenvalue weighted by atomic mass is 19.1. The topological polar surface area (TPSA) is 59.4 Å². The first kappa shape index (κ1) is 15.3. The van der Waals surface area contributed by atoms with Crippen LogP contribution in [0, 0.1) is 11.6 Å². The highest BCUT2D eigenvalue weighted by molar-refractivity contribution is 5.88.